The van der Waals surface area contributed by atoms with Crippen LogP contribution in [0.2, 0.25) is 0 Å². The van der Waals surface area contributed by atoms with Gasteiger partial charge in [-0.3, -0.25) is 24.0 Å². The molecule has 0 saturated heterocycles. The highest BCUT2D eigenvalue weighted by molar-refractivity contribution is 7.91. The molecule has 0 aliphatic rings. The molecule has 0 bridgehead atoms. The summed E-state index contributed by atoms with van der Waals surface area (Å²) in [5, 5.41) is -0.280. The van der Waals surface area contributed by atoms with Crippen LogP contribution in [0.15, 0.2) is 147 Å². The third kappa shape index (κ3) is 28.9. The van der Waals surface area contributed by atoms with Crippen LogP contribution in [-0.4, -0.2) is 209 Å². The second-order valence-electron chi connectivity index (χ2n) is 21.5. The Labute approximate surface area is 659 Å². The highest BCUT2D eigenvalue weighted by atomic mass is 32.2. The number of nitrogens with zero attached hydrogens (tertiary/aromatic N) is 15. The van der Waals surface area contributed by atoms with E-state index in [2.05, 4.69) is 46.8 Å². The predicted molar refractivity (Wildman–Crippen MR) is 404 cm³/mol. The molecule has 5 heterocycles. The molecular formula is C63H66F5N15O18S10. The van der Waals surface area contributed by atoms with Gasteiger partial charge in [-0.1, -0.05) is 6.92 Å². The van der Waals surface area contributed by atoms with Crippen molar-refractivity contribution in [2.45, 2.75) is 46.6 Å². The Morgan fingerprint density at radius 3 is 0.820 bits per heavy atom. The molecule has 5 aromatic carbocycles. The van der Waals surface area contributed by atoms with Gasteiger partial charge >= 0.3 is 10.3 Å². The molecule has 0 aliphatic heterocycles. The maximum Gasteiger partial charge on any atom is 0.357 e. The van der Waals surface area contributed by atoms with Crippen LogP contribution in [-0.2, 0) is 75.8 Å². The Kier molecular flexibility index (Phi) is 34.7. The highest BCUT2D eigenvalue weighted by Gasteiger charge is 2.25. The third-order valence-electron chi connectivity index (χ3n) is 13.7. The van der Waals surface area contributed by atoms with E-state index in [1.165, 1.54) is 179 Å². The molecular weight excluding hydrogens is 1670 g/mol. The molecule has 0 radical (unpaired) electrons. The first-order valence-corrected chi connectivity index (χ1v) is 43.6. The number of aromatic nitrogens is 10. The first-order valence-electron chi connectivity index (χ1n) is 31.2. The number of halogens is 5. The highest BCUT2D eigenvalue weighted by Crippen LogP contribution is 2.25. The van der Waals surface area contributed by atoms with E-state index in [1.54, 1.807) is 14.0 Å². The quantitative estimate of drug-likeness (QED) is 0.0339. The molecule has 2 atom stereocenters. The fraction of sp³-hybridized carbons (Fsp3) is 0.286. The monoisotopic (exact) mass is 1740 g/mol. The minimum atomic E-state index is -3.51. The average Bonchev–Trinajstić information content (AvgIpc) is 1.63. The molecule has 5 amide bonds. The number of benzene rings is 5. The van der Waals surface area contributed by atoms with Crippen molar-refractivity contribution in [3.05, 3.63) is 150 Å². The summed E-state index contributed by atoms with van der Waals surface area (Å²) >= 11 is 1.56. The number of rotatable bonds is 28. The summed E-state index contributed by atoms with van der Waals surface area (Å²) in [5.74, 6) is -3.82. The number of carbonyl (C=O) groups excluding carboxylic acids is 5. The summed E-state index contributed by atoms with van der Waals surface area (Å²) in [6.07, 6.45) is 4.88. The van der Waals surface area contributed by atoms with Crippen LogP contribution in [0.5, 0.6) is 26.0 Å². The number of amides is 5. The van der Waals surface area contributed by atoms with E-state index in [4.69, 9.17) is 23.7 Å². The van der Waals surface area contributed by atoms with Crippen molar-refractivity contribution in [1.82, 2.24) is 46.8 Å². The van der Waals surface area contributed by atoms with Gasteiger partial charge in [0.15, 0.2) is 33.0 Å². The topological polar surface area (TPSA) is 425 Å². The maximum absolute atomic E-state index is 12.9. The second-order valence-corrected chi connectivity index (χ2v) is 33.6. The number of hydrogen-bond donors (Lipinski definition) is 0. The van der Waals surface area contributed by atoms with E-state index < -0.39 is 81.1 Å². The van der Waals surface area contributed by atoms with Crippen molar-refractivity contribution < 1.29 is 104 Å². The maximum atomic E-state index is 12.9. The van der Waals surface area contributed by atoms with Crippen LogP contribution in [0.1, 0.15) is 20.8 Å². The van der Waals surface area contributed by atoms with Gasteiger partial charge in [-0.15, -0.1) is 18.7 Å². The van der Waals surface area contributed by atoms with Gasteiger partial charge in [0.1, 0.15) is 41.6 Å². The SMILES string of the molecule is CCN(C(=O)COc1nc(S(C)(=O)=O)ns1)c1ccc(F)cc1.CCN(C(=O)COc1nc([S+](C)[O-])ns1)c1ccc(F)cc1.CCS(=O)(=O)c1nsc(OCC(=O)N(C)c2ccc(F)cc2)n1.CN(C(=O)COc1nc(S(C)(=O)=O)ns1)c1ccc(F)cc1.CN(C(=O)COc1nc([S+](C)[O-])ns1)c1ccc(F)cc1. The van der Waals surface area contributed by atoms with Crippen LogP contribution in [0.3, 0.4) is 0 Å². The van der Waals surface area contributed by atoms with Crippen LogP contribution in [0, 0.1) is 29.1 Å². The summed E-state index contributed by atoms with van der Waals surface area (Å²) in [4.78, 5) is 86.0. The molecule has 33 nitrogen and oxygen atoms in total. The van der Waals surface area contributed by atoms with Crippen LogP contribution in [0.4, 0.5) is 50.4 Å². The van der Waals surface area contributed by atoms with Gasteiger partial charge in [-0.25, -0.2) is 47.2 Å². The molecule has 0 spiro atoms. The van der Waals surface area contributed by atoms with Crippen molar-refractivity contribution in [2.75, 3.05) is 123 Å². The zero-order valence-electron chi connectivity index (χ0n) is 59.7. The number of sulfone groups is 3. The fourth-order valence-corrected chi connectivity index (χ4v) is 14.6. The van der Waals surface area contributed by atoms with Crippen LogP contribution in [0.25, 0.3) is 0 Å². The van der Waals surface area contributed by atoms with Crippen LogP contribution < -0.4 is 48.2 Å². The molecule has 596 valence electrons. The Balaban J connectivity index is 0.000000217. The Morgan fingerprint density at radius 1 is 0.369 bits per heavy atom. The molecule has 48 heteroatoms. The van der Waals surface area contributed by atoms with Gasteiger partial charge in [-0.2, -0.15) is 28.1 Å². The van der Waals surface area contributed by atoms with Gasteiger partial charge in [0.25, 0.3) is 71.0 Å². The van der Waals surface area contributed by atoms with E-state index in [-0.39, 0.29) is 120 Å². The second kappa shape index (κ2) is 42.7. The minimum absolute atomic E-state index is 0.00196. The molecule has 0 N–H and O–H groups in total. The summed E-state index contributed by atoms with van der Waals surface area (Å²) in [6, 6.07) is 27.5. The minimum Gasteiger partial charge on any atom is -0.609 e. The lowest BCUT2D eigenvalue weighted by molar-refractivity contribution is -0.121. The first-order chi connectivity index (χ1) is 52.4. The van der Waals surface area contributed by atoms with Crippen molar-refractivity contribution >= 4 is 167 Å². The van der Waals surface area contributed by atoms with E-state index >= 15 is 0 Å². The zero-order chi connectivity index (χ0) is 81.9. The van der Waals surface area contributed by atoms with Gasteiger partial charge in [0.2, 0.25) is 29.5 Å². The first kappa shape index (κ1) is 90.3. The summed E-state index contributed by atoms with van der Waals surface area (Å²) in [5.41, 5.74) is 2.69. The Hall–Kier alpha value is -9.63. The third-order valence-corrected chi connectivity index (χ3v) is 22.0. The average molecular weight is 1740 g/mol. The molecule has 5 aromatic heterocycles. The van der Waals surface area contributed by atoms with Crippen molar-refractivity contribution in [3.8, 4) is 26.0 Å². The van der Waals surface area contributed by atoms with Gasteiger partial charge in [0.05, 0.1) is 5.75 Å². The summed E-state index contributed by atoms with van der Waals surface area (Å²) in [6.45, 7) is 4.39. The van der Waals surface area contributed by atoms with E-state index in [0.717, 1.165) is 70.2 Å². The molecule has 10 rings (SSSR count). The standard InChI is InChI=1S/2C13H14FN3O4S2.C13H14FN3O3S2.C12H12FN3O4S2.C12H12FN3O3S2/c1-3-17(10-6-4-9(14)5-7-10)11(18)8-21-13-15-12(16-22-13)23(2,19)20;1-3-23(19,20)12-15-13(22-16-12)21-8-11(18)17(2)10-6-4-9(14)5-7-10;1-3-17(10-6-4-9(14)5-7-10)11(18)8-20-13-15-12(16-21-13)22(2)19;1-16(9-5-3-8(13)4-6-9)10(17)7-20-12-14-11(15-21-12)22(2,18)19;1-16(9-5-3-8(13)4-6-9)10(17)7-19-12-14-11(15-20-12)21(2)18/h2*4-7H,3,8H2,1-2H3;4-7H,3,8H2,1-2H3;3-6H,7H2,1-2H3;3-6H,7H2,1-2H3. The lowest BCUT2D eigenvalue weighted by Gasteiger charge is -2.20. The molecule has 0 saturated carbocycles. The molecule has 2 unspecified atom stereocenters. The number of hydrogen-bond acceptors (Lipinski definition) is 33. The lowest BCUT2D eigenvalue weighted by Crippen LogP contribution is -2.34. The van der Waals surface area contributed by atoms with E-state index in [0.29, 0.717) is 41.5 Å². The predicted octanol–water partition coefficient (Wildman–Crippen LogP) is 7.45. The van der Waals surface area contributed by atoms with Crippen molar-refractivity contribution in [1.29, 1.82) is 0 Å². The molecule has 111 heavy (non-hydrogen) atoms. The Morgan fingerprint density at radius 2 is 0.595 bits per heavy atom. The fourth-order valence-electron chi connectivity index (χ4n) is 7.81. The molecule has 10 aromatic rings. The van der Waals surface area contributed by atoms with Crippen molar-refractivity contribution in [3.63, 3.8) is 0 Å². The molecule has 0 aliphatic carbocycles. The number of likely N-dealkylation sites (N-methyl/N-ethyl adjacent to an activating group) is 5. The number of carbonyl (C=O) groups is 5. The number of anilines is 5. The summed E-state index contributed by atoms with van der Waals surface area (Å²) in [7, 11) is -5.92. The zero-order valence-corrected chi connectivity index (χ0v) is 67.9. The van der Waals surface area contributed by atoms with Gasteiger partial charge < -0.3 is 57.3 Å². The normalized spacial score (nSPS) is 11.5. The van der Waals surface area contributed by atoms with E-state index in [9.17, 15) is 80.3 Å². The van der Waals surface area contributed by atoms with Gasteiger partial charge in [-0.05, 0) is 135 Å². The number of ether oxygens (including phenoxy) is 5. The van der Waals surface area contributed by atoms with Crippen molar-refractivity contribution in [2.24, 2.45) is 0 Å². The van der Waals surface area contributed by atoms with Crippen LogP contribution >= 0.6 is 57.7 Å². The Bertz CT molecular complexity index is 5060. The summed E-state index contributed by atoms with van der Waals surface area (Å²) < 4.78 is 200. The smallest absolute Gasteiger partial charge is 0.357 e. The lowest BCUT2D eigenvalue weighted by atomic mass is 10.2. The van der Waals surface area contributed by atoms with E-state index in [1.807, 2.05) is 6.92 Å². The van der Waals surface area contributed by atoms with Gasteiger partial charge in [0, 0.05) is 155 Å². The largest absolute Gasteiger partial charge is 0.609 e. The molecule has 0 fully saturated rings.